The summed E-state index contributed by atoms with van der Waals surface area (Å²) in [7, 11) is 5.76. The molecule has 8 heteroatoms. The van der Waals surface area contributed by atoms with Crippen molar-refractivity contribution < 1.29 is 9.47 Å². The Kier molecular flexibility index (Phi) is 8.65. The number of imidazole rings is 1. The van der Waals surface area contributed by atoms with E-state index in [4.69, 9.17) is 9.47 Å². The molecule has 6 nitrogen and oxygen atoms in total. The minimum absolute atomic E-state index is 0. The number of rotatable bonds is 7. The number of aromatic nitrogens is 3. The monoisotopic (exact) mass is 398 g/mol. The van der Waals surface area contributed by atoms with E-state index in [-0.39, 0.29) is 24.8 Å². The van der Waals surface area contributed by atoms with Crippen molar-refractivity contribution in [2.24, 2.45) is 0 Å². The van der Waals surface area contributed by atoms with Gasteiger partial charge in [-0.3, -0.25) is 0 Å². The van der Waals surface area contributed by atoms with Gasteiger partial charge in [-0.15, -0.1) is 24.8 Å². The summed E-state index contributed by atoms with van der Waals surface area (Å²) in [4.78, 5) is 14.3. The van der Waals surface area contributed by atoms with Gasteiger partial charge in [0.05, 0.1) is 24.8 Å². The molecule has 0 aliphatic carbocycles. The zero-order valence-electron chi connectivity index (χ0n) is 15.1. The highest BCUT2D eigenvalue weighted by Gasteiger charge is 2.13. The molecule has 0 spiro atoms. The molecule has 0 saturated carbocycles. The largest absolute Gasteiger partial charge is 0.497 e. The number of benzene rings is 1. The van der Waals surface area contributed by atoms with Gasteiger partial charge in [-0.2, -0.15) is 0 Å². The maximum Gasteiger partial charge on any atom is 0.178 e. The fourth-order valence-corrected chi connectivity index (χ4v) is 2.48. The minimum Gasteiger partial charge on any atom is -0.497 e. The molecule has 0 amide bonds. The summed E-state index contributed by atoms with van der Waals surface area (Å²) in [5.74, 6) is 2.26. The van der Waals surface area contributed by atoms with Gasteiger partial charge in [0.15, 0.2) is 5.65 Å². The number of fused-ring (bicyclic) bond motifs is 1. The number of hydrogen-bond donors (Lipinski definition) is 1. The van der Waals surface area contributed by atoms with Crippen LogP contribution in [0, 0.1) is 0 Å². The maximum absolute atomic E-state index is 5.99. The van der Waals surface area contributed by atoms with E-state index in [2.05, 4.69) is 33.9 Å². The molecule has 0 aliphatic heterocycles. The lowest BCUT2D eigenvalue weighted by atomic mass is 10.2. The van der Waals surface area contributed by atoms with Crippen molar-refractivity contribution >= 4 is 36.0 Å². The van der Waals surface area contributed by atoms with Crippen LogP contribution in [0.15, 0.2) is 36.5 Å². The van der Waals surface area contributed by atoms with Crippen LogP contribution in [0.3, 0.4) is 0 Å². The lowest BCUT2D eigenvalue weighted by Crippen LogP contribution is -2.15. The quantitative estimate of drug-likeness (QED) is 0.613. The molecule has 0 aliphatic rings. The van der Waals surface area contributed by atoms with E-state index in [1.54, 1.807) is 13.3 Å². The summed E-state index contributed by atoms with van der Waals surface area (Å²) in [6.07, 6.45) is 2.69. The highest BCUT2D eigenvalue weighted by Crippen LogP contribution is 2.32. The molecule has 26 heavy (non-hydrogen) atoms. The fraction of sp³-hybridized carbons (Fsp3) is 0.333. The second-order valence-corrected chi connectivity index (χ2v) is 5.83. The van der Waals surface area contributed by atoms with Crippen LogP contribution >= 0.6 is 24.8 Å². The van der Waals surface area contributed by atoms with Crippen molar-refractivity contribution in [3.63, 3.8) is 0 Å². The Balaban J connectivity index is 0.00000169. The average Bonchev–Trinajstić information content (AvgIpc) is 3.02. The summed E-state index contributed by atoms with van der Waals surface area (Å²) in [5.41, 5.74) is 2.50. The van der Waals surface area contributed by atoms with Crippen LogP contribution in [0.1, 0.15) is 6.42 Å². The van der Waals surface area contributed by atoms with E-state index in [0.717, 1.165) is 41.4 Å². The third-order valence-electron chi connectivity index (χ3n) is 3.71. The summed E-state index contributed by atoms with van der Waals surface area (Å²) < 4.78 is 11.3. The summed E-state index contributed by atoms with van der Waals surface area (Å²) in [6, 6.07) is 9.60. The van der Waals surface area contributed by atoms with Gasteiger partial charge in [-0.1, -0.05) is 0 Å². The molecule has 0 fully saturated rings. The summed E-state index contributed by atoms with van der Waals surface area (Å²) in [5, 5.41) is 0. The standard InChI is InChI=1S/C18H22N4O2.2ClH/c1-22(2)10-5-11-24-16-12-13(23-3)7-8-14(16)17-20-15-6-4-9-19-18(15)21-17;;/h4,6-9,12H,5,10-11H2,1-3H3,(H,19,20,21);2*1H. The lowest BCUT2D eigenvalue weighted by molar-refractivity contribution is 0.281. The van der Waals surface area contributed by atoms with Gasteiger partial charge in [0, 0.05) is 18.8 Å². The molecule has 2 heterocycles. The van der Waals surface area contributed by atoms with Crippen molar-refractivity contribution in [1.82, 2.24) is 19.9 Å². The Hall–Kier alpha value is -2.02. The summed E-state index contributed by atoms with van der Waals surface area (Å²) >= 11 is 0. The Morgan fingerprint density at radius 3 is 2.65 bits per heavy atom. The number of methoxy groups -OCH3 is 1. The number of aromatic amines is 1. The first-order valence-electron chi connectivity index (χ1n) is 7.94. The van der Waals surface area contributed by atoms with Crippen molar-refractivity contribution in [3.8, 4) is 22.9 Å². The lowest BCUT2D eigenvalue weighted by Gasteiger charge is -2.13. The number of halogens is 2. The van der Waals surface area contributed by atoms with Crippen molar-refractivity contribution in [3.05, 3.63) is 36.5 Å². The number of H-pyrrole nitrogens is 1. The van der Waals surface area contributed by atoms with E-state index >= 15 is 0 Å². The smallest absolute Gasteiger partial charge is 0.178 e. The number of pyridine rings is 1. The Morgan fingerprint density at radius 1 is 1.15 bits per heavy atom. The van der Waals surface area contributed by atoms with Gasteiger partial charge < -0.3 is 19.4 Å². The first-order chi connectivity index (χ1) is 11.7. The van der Waals surface area contributed by atoms with Crippen molar-refractivity contribution in [2.75, 3.05) is 34.4 Å². The van der Waals surface area contributed by atoms with Gasteiger partial charge in [0.25, 0.3) is 0 Å². The highest BCUT2D eigenvalue weighted by molar-refractivity contribution is 5.85. The number of ether oxygens (including phenoxy) is 2. The minimum atomic E-state index is 0. The molecule has 0 atom stereocenters. The predicted octanol–water partition coefficient (Wildman–Crippen LogP) is 3.81. The predicted molar refractivity (Wildman–Crippen MR) is 109 cm³/mol. The maximum atomic E-state index is 5.99. The van der Waals surface area contributed by atoms with Gasteiger partial charge in [0.2, 0.25) is 0 Å². The SMILES string of the molecule is COc1ccc(-c2nc3ncccc3[nH]2)c(OCCCN(C)C)c1.Cl.Cl. The molecule has 1 N–H and O–H groups in total. The molecule has 142 valence electrons. The van der Waals surface area contributed by atoms with Crippen molar-refractivity contribution in [1.29, 1.82) is 0 Å². The first kappa shape index (κ1) is 22.0. The zero-order chi connectivity index (χ0) is 16.9. The van der Waals surface area contributed by atoms with Crippen LogP contribution in [0.5, 0.6) is 11.5 Å². The van der Waals surface area contributed by atoms with E-state index in [0.29, 0.717) is 12.3 Å². The van der Waals surface area contributed by atoms with Crippen LogP contribution in [0.2, 0.25) is 0 Å². The third kappa shape index (κ3) is 5.24. The normalized spacial score (nSPS) is 10.3. The van der Waals surface area contributed by atoms with Gasteiger partial charge in [-0.05, 0) is 44.8 Å². The number of nitrogens with zero attached hydrogens (tertiary/aromatic N) is 3. The van der Waals surface area contributed by atoms with Gasteiger partial charge >= 0.3 is 0 Å². The number of hydrogen-bond acceptors (Lipinski definition) is 5. The first-order valence-corrected chi connectivity index (χ1v) is 7.94. The van der Waals surface area contributed by atoms with Crippen LogP contribution in [-0.2, 0) is 0 Å². The second-order valence-electron chi connectivity index (χ2n) is 5.83. The molecule has 3 aromatic rings. The van der Waals surface area contributed by atoms with E-state index < -0.39 is 0 Å². The molecular weight excluding hydrogens is 375 g/mol. The Morgan fingerprint density at radius 2 is 1.96 bits per heavy atom. The van der Waals surface area contributed by atoms with E-state index in [1.807, 2.05) is 30.3 Å². The van der Waals surface area contributed by atoms with E-state index in [1.165, 1.54) is 0 Å². The van der Waals surface area contributed by atoms with Crippen LogP contribution in [0.25, 0.3) is 22.6 Å². The van der Waals surface area contributed by atoms with Crippen LogP contribution < -0.4 is 9.47 Å². The highest BCUT2D eigenvalue weighted by atomic mass is 35.5. The van der Waals surface area contributed by atoms with Gasteiger partial charge in [0.1, 0.15) is 17.3 Å². The van der Waals surface area contributed by atoms with Crippen LogP contribution in [0.4, 0.5) is 0 Å². The molecule has 1 aromatic carbocycles. The molecule has 0 bridgehead atoms. The topological polar surface area (TPSA) is 63.3 Å². The molecule has 2 aromatic heterocycles. The molecule has 0 radical (unpaired) electrons. The van der Waals surface area contributed by atoms with Crippen LogP contribution in [-0.4, -0.2) is 54.2 Å². The van der Waals surface area contributed by atoms with E-state index in [9.17, 15) is 0 Å². The molecule has 0 unspecified atom stereocenters. The van der Waals surface area contributed by atoms with Crippen molar-refractivity contribution in [2.45, 2.75) is 6.42 Å². The summed E-state index contributed by atoms with van der Waals surface area (Å²) in [6.45, 7) is 1.62. The second kappa shape index (κ2) is 10.2. The average molecular weight is 399 g/mol. The Labute approximate surface area is 165 Å². The molecular formula is C18H24Cl2N4O2. The Bertz CT molecular complexity index is 791. The number of nitrogens with one attached hydrogen (secondary N) is 1. The fourth-order valence-electron chi connectivity index (χ4n) is 2.48. The molecule has 3 rings (SSSR count). The molecule has 0 saturated heterocycles. The van der Waals surface area contributed by atoms with Gasteiger partial charge in [-0.25, -0.2) is 9.97 Å². The third-order valence-corrected chi connectivity index (χ3v) is 3.71. The zero-order valence-corrected chi connectivity index (χ0v) is 16.7.